The second-order valence-electron chi connectivity index (χ2n) is 12.0. The molecule has 0 radical (unpaired) electrons. The lowest BCUT2D eigenvalue weighted by Crippen LogP contribution is -2.24. The molecule has 4 rings (SSSR count). The summed E-state index contributed by atoms with van der Waals surface area (Å²) in [6.45, 7) is 20.5. The first-order valence-electron chi connectivity index (χ1n) is 14.9. The zero-order chi connectivity index (χ0) is 32.8. The molecule has 2 aliphatic rings. The Morgan fingerprint density at radius 2 is 1.69 bits per heavy atom. The SMILES string of the molecule is [C-]#[N+]C1=C(/C=C/C=C2C=C(/C=C/c3ccc(N(CC)CC)cc3)CC(C)(C)C/2)C(C)(c2ccc(Cl)cc2Cl)OC1=C(C#N)C#N. The smallest absolute Gasteiger partial charge is 0.237 e. The molecular formula is C38H36Cl2N4O. The number of nitrogens with zero attached hydrogens (tertiary/aromatic N) is 4. The number of anilines is 1. The first-order valence-corrected chi connectivity index (χ1v) is 15.7. The van der Waals surface area contributed by atoms with Crippen molar-refractivity contribution in [3.63, 3.8) is 0 Å². The molecule has 1 unspecified atom stereocenters. The second kappa shape index (κ2) is 14.1. The molecule has 0 aromatic heterocycles. The Morgan fingerprint density at radius 3 is 2.29 bits per heavy atom. The Labute approximate surface area is 277 Å². The Kier molecular flexibility index (Phi) is 10.5. The molecule has 2 aromatic carbocycles. The third-order valence-electron chi connectivity index (χ3n) is 8.12. The molecule has 1 heterocycles. The van der Waals surface area contributed by atoms with Crippen molar-refractivity contribution in [3.8, 4) is 12.1 Å². The van der Waals surface area contributed by atoms with Gasteiger partial charge in [0.15, 0.2) is 11.3 Å². The number of hydrogen-bond donors (Lipinski definition) is 0. The minimum Gasteiger partial charge on any atom is -0.488 e. The molecule has 1 aliphatic heterocycles. The predicted octanol–water partition coefficient (Wildman–Crippen LogP) is 10.5. The number of rotatable bonds is 8. The maximum Gasteiger partial charge on any atom is 0.237 e. The van der Waals surface area contributed by atoms with Crippen molar-refractivity contribution in [2.75, 3.05) is 18.0 Å². The Morgan fingerprint density at radius 1 is 1.00 bits per heavy atom. The van der Waals surface area contributed by atoms with E-state index in [0.29, 0.717) is 21.2 Å². The highest BCUT2D eigenvalue weighted by Crippen LogP contribution is 2.49. The number of nitriles is 2. The van der Waals surface area contributed by atoms with Crippen LogP contribution in [0.15, 0.2) is 107 Å². The minimum atomic E-state index is -1.22. The van der Waals surface area contributed by atoms with E-state index in [0.717, 1.165) is 37.1 Å². The average Bonchev–Trinajstić information content (AvgIpc) is 3.28. The quantitative estimate of drug-likeness (QED) is 0.214. The highest BCUT2D eigenvalue weighted by molar-refractivity contribution is 6.35. The van der Waals surface area contributed by atoms with Crippen LogP contribution in [0, 0.1) is 34.6 Å². The third-order valence-corrected chi connectivity index (χ3v) is 8.67. The van der Waals surface area contributed by atoms with Gasteiger partial charge in [-0.1, -0.05) is 91.7 Å². The molecule has 0 saturated carbocycles. The van der Waals surface area contributed by atoms with Crippen LogP contribution in [-0.2, 0) is 10.3 Å². The first kappa shape index (κ1) is 33.4. The summed E-state index contributed by atoms with van der Waals surface area (Å²) >= 11 is 12.8. The van der Waals surface area contributed by atoms with E-state index >= 15 is 0 Å². The van der Waals surface area contributed by atoms with Gasteiger partial charge in [-0.2, -0.15) is 10.5 Å². The fraction of sp³-hybridized carbons (Fsp3) is 0.289. The number of allylic oxidation sites excluding steroid dienone is 7. The second-order valence-corrected chi connectivity index (χ2v) is 12.8. The zero-order valence-corrected chi connectivity index (χ0v) is 27.8. The summed E-state index contributed by atoms with van der Waals surface area (Å²) in [6, 6.07) is 17.4. The van der Waals surface area contributed by atoms with Gasteiger partial charge in [-0.05, 0) is 80.0 Å². The lowest BCUT2D eigenvalue weighted by atomic mass is 9.75. The molecule has 5 nitrogen and oxygen atoms in total. The monoisotopic (exact) mass is 634 g/mol. The van der Waals surface area contributed by atoms with Gasteiger partial charge in [0.2, 0.25) is 5.70 Å². The van der Waals surface area contributed by atoms with Crippen LogP contribution < -0.4 is 4.90 Å². The largest absolute Gasteiger partial charge is 0.488 e. The van der Waals surface area contributed by atoms with Crippen LogP contribution in [0.1, 0.15) is 58.6 Å². The number of hydrogen-bond acceptors (Lipinski definition) is 4. The van der Waals surface area contributed by atoms with Crippen molar-refractivity contribution < 1.29 is 4.74 Å². The van der Waals surface area contributed by atoms with E-state index in [9.17, 15) is 10.5 Å². The first-order chi connectivity index (χ1) is 21.5. The van der Waals surface area contributed by atoms with Crippen molar-refractivity contribution in [1.29, 1.82) is 10.5 Å². The van der Waals surface area contributed by atoms with Crippen molar-refractivity contribution in [3.05, 3.63) is 139 Å². The molecule has 228 valence electrons. The topological polar surface area (TPSA) is 64.4 Å². The van der Waals surface area contributed by atoms with Crippen molar-refractivity contribution in [2.24, 2.45) is 5.41 Å². The number of ether oxygens (including phenoxy) is 1. The molecule has 2 aromatic rings. The van der Waals surface area contributed by atoms with Crippen LogP contribution in [0.5, 0.6) is 0 Å². The third kappa shape index (κ3) is 7.44. The molecule has 7 heteroatoms. The molecule has 0 bridgehead atoms. The van der Waals surface area contributed by atoms with Gasteiger partial charge < -0.3 is 9.64 Å². The van der Waals surface area contributed by atoms with Gasteiger partial charge in [0.25, 0.3) is 0 Å². The maximum absolute atomic E-state index is 9.59. The lowest BCUT2D eigenvalue weighted by Gasteiger charge is -2.30. The highest BCUT2D eigenvalue weighted by Gasteiger charge is 2.45. The standard InChI is InChI=1S/C38H36Cl2N4O/c1-7-44(8-2)31-17-14-26(15-18-31)12-13-28-20-27(22-37(3,4)23-28)10-9-11-33-35(43-6)36(29(24-41)25-42)45-38(33,5)32-19-16-30(39)21-34(32)40/h9-21H,7-8,22-23H2,1-5H3/b11-9+,13-12+,27-10-. The van der Waals surface area contributed by atoms with Crippen molar-refractivity contribution >= 4 is 35.0 Å². The van der Waals surface area contributed by atoms with E-state index in [2.05, 4.69) is 79.9 Å². The zero-order valence-electron chi connectivity index (χ0n) is 26.3. The Balaban J connectivity index is 1.70. The van der Waals surface area contributed by atoms with Crippen LogP contribution in [0.2, 0.25) is 10.0 Å². The summed E-state index contributed by atoms with van der Waals surface area (Å²) in [5, 5.41) is 20.0. The fourth-order valence-corrected chi connectivity index (χ4v) is 6.54. The minimum absolute atomic E-state index is 0.0490. The average molecular weight is 636 g/mol. The van der Waals surface area contributed by atoms with E-state index in [-0.39, 0.29) is 22.4 Å². The molecule has 0 fully saturated rings. The van der Waals surface area contributed by atoms with Gasteiger partial charge in [-0.3, -0.25) is 0 Å². The molecular weight excluding hydrogens is 599 g/mol. The van der Waals surface area contributed by atoms with Gasteiger partial charge in [-0.15, -0.1) is 0 Å². The van der Waals surface area contributed by atoms with E-state index in [1.165, 1.54) is 11.3 Å². The summed E-state index contributed by atoms with van der Waals surface area (Å²) in [4.78, 5) is 6.02. The summed E-state index contributed by atoms with van der Waals surface area (Å²) < 4.78 is 6.24. The van der Waals surface area contributed by atoms with Crippen LogP contribution in [-0.4, -0.2) is 13.1 Å². The van der Waals surface area contributed by atoms with Gasteiger partial charge in [0.05, 0.1) is 6.57 Å². The lowest BCUT2D eigenvalue weighted by molar-refractivity contribution is 0.0755. The molecule has 0 amide bonds. The van der Waals surface area contributed by atoms with Gasteiger partial charge in [0, 0.05) is 40.0 Å². The summed E-state index contributed by atoms with van der Waals surface area (Å²) in [5.74, 6) is -0.0490. The van der Waals surface area contributed by atoms with Crippen LogP contribution >= 0.6 is 23.2 Å². The van der Waals surface area contributed by atoms with Crippen molar-refractivity contribution in [2.45, 2.75) is 53.1 Å². The van der Waals surface area contributed by atoms with Crippen molar-refractivity contribution in [1.82, 2.24) is 0 Å². The van der Waals surface area contributed by atoms with Gasteiger partial charge in [0.1, 0.15) is 17.7 Å². The summed E-state index contributed by atoms with van der Waals surface area (Å²) in [6.07, 6.45) is 14.2. The summed E-state index contributed by atoms with van der Waals surface area (Å²) in [7, 11) is 0. The van der Waals surface area contributed by atoms with E-state index in [1.807, 2.05) is 30.4 Å². The van der Waals surface area contributed by atoms with E-state index in [1.54, 1.807) is 25.1 Å². The predicted molar refractivity (Wildman–Crippen MR) is 184 cm³/mol. The van der Waals surface area contributed by atoms with Crippen LogP contribution in [0.3, 0.4) is 0 Å². The summed E-state index contributed by atoms with van der Waals surface area (Å²) in [5.41, 5.74) is 4.52. The normalized spacial score (nSPS) is 20.1. The van der Waals surface area contributed by atoms with Gasteiger partial charge >= 0.3 is 0 Å². The fourth-order valence-electron chi connectivity index (χ4n) is 5.96. The molecule has 0 saturated heterocycles. The molecule has 0 spiro atoms. The highest BCUT2D eigenvalue weighted by atomic mass is 35.5. The van der Waals surface area contributed by atoms with E-state index < -0.39 is 5.60 Å². The molecule has 0 N–H and O–H groups in total. The van der Waals surface area contributed by atoms with Crippen LogP contribution in [0.4, 0.5) is 5.69 Å². The number of benzene rings is 2. The van der Waals surface area contributed by atoms with E-state index in [4.69, 9.17) is 34.5 Å². The Bertz CT molecular complexity index is 1770. The molecule has 1 atom stereocenters. The van der Waals surface area contributed by atoms with Gasteiger partial charge in [-0.25, -0.2) is 4.85 Å². The van der Waals surface area contributed by atoms with Crippen LogP contribution in [0.25, 0.3) is 10.9 Å². The Hall–Kier alpha value is -4.47. The number of halogens is 2. The molecule has 1 aliphatic carbocycles. The molecule has 45 heavy (non-hydrogen) atoms. The maximum atomic E-state index is 9.59.